The third kappa shape index (κ3) is 2.25. The molecular weight excluding hydrogens is 252 g/mol. The average Bonchev–Trinajstić information content (AvgIpc) is 2.94. The van der Waals surface area contributed by atoms with E-state index < -0.39 is 6.10 Å². The Morgan fingerprint density at radius 2 is 1.90 bits per heavy atom. The molecule has 104 valence electrons. The van der Waals surface area contributed by atoms with Crippen LogP contribution in [0.2, 0.25) is 0 Å². The van der Waals surface area contributed by atoms with Crippen molar-refractivity contribution in [1.29, 1.82) is 0 Å². The number of methoxy groups -OCH3 is 1. The van der Waals surface area contributed by atoms with Crippen molar-refractivity contribution in [1.82, 2.24) is 0 Å². The zero-order valence-corrected chi connectivity index (χ0v) is 11.7. The molecule has 1 unspecified atom stereocenters. The number of aryl methyl sites for hydroxylation is 1. The van der Waals surface area contributed by atoms with Crippen LogP contribution in [0.5, 0.6) is 11.5 Å². The molecule has 0 saturated heterocycles. The minimum absolute atomic E-state index is 0.643. The predicted molar refractivity (Wildman–Crippen MR) is 77.4 cm³/mol. The summed E-state index contributed by atoms with van der Waals surface area (Å²) in [5.74, 6) is 1.73. The van der Waals surface area contributed by atoms with Crippen LogP contribution in [-0.2, 0) is 6.42 Å². The van der Waals surface area contributed by atoms with E-state index in [9.17, 15) is 5.11 Å². The number of benzene rings is 2. The van der Waals surface area contributed by atoms with E-state index in [0.29, 0.717) is 0 Å². The van der Waals surface area contributed by atoms with Crippen molar-refractivity contribution in [3.63, 3.8) is 0 Å². The lowest BCUT2D eigenvalue weighted by Crippen LogP contribution is -2.01. The highest BCUT2D eigenvalue weighted by Gasteiger charge is 2.17. The maximum atomic E-state index is 10.5. The molecule has 0 radical (unpaired) electrons. The van der Waals surface area contributed by atoms with Crippen molar-refractivity contribution in [3.05, 3.63) is 58.7 Å². The topological polar surface area (TPSA) is 38.7 Å². The molecule has 1 aliphatic heterocycles. The summed E-state index contributed by atoms with van der Waals surface area (Å²) in [4.78, 5) is 0. The lowest BCUT2D eigenvalue weighted by molar-refractivity contribution is 0.219. The van der Waals surface area contributed by atoms with Crippen molar-refractivity contribution in [3.8, 4) is 11.5 Å². The van der Waals surface area contributed by atoms with E-state index in [1.165, 1.54) is 5.56 Å². The van der Waals surface area contributed by atoms with Gasteiger partial charge in [0.2, 0.25) is 0 Å². The Balaban J connectivity index is 1.94. The Kier molecular flexibility index (Phi) is 3.36. The minimum atomic E-state index is -0.643. The SMILES string of the molecule is COc1cc(C(O)c2ccc3c(c2)CCO3)ccc1C. The van der Waals surface area contributed by atoms with Gasteiger partial charge in [-0.2, -0.15) is 0 Å². The number of ether oxygens (including phenoxy) is 2. The fraction of sp³-hybridized carbons (Fsp3) is 0.294. The Hall–Kier alpha value is -2.00. The van der Waals surface area contributed by atoms with Gasteiger partial charge in [0.1, 0.15) is 17.6 Å². The quantitative estimate of drug-likeness (QED) is 0.931. The molecule has 1 atom stereocenters. The van der Waals surface area contributed by atoms with Gasteiger partial charge >= 0.3 is 0 Å². The van der Waals surface area contributed by atoms with E-state index in [2.05, 4.69) is 0 Å². The number of hydrogen-bond acceptors (Lipinski definition) is 3. The van der Waals surface area contributed by atoms with Crippen molar-refractivity contribution >= 4 is 0 Å². The molecule has 0 fully saturated rings. The van der Waals surface area contributed by atoms with Crippen molar-refractivity contribution < 1.29 is 14.6 Å². The van der Waals surface area contributed by atoms with Crippen LogP contribution in [0, 0.1) is 6.92 Å². The monoisotopic (exact) mass is 270 g/mol. The number of aliphatic hydroxyl groups excluding tert-OH is 1. The summed E-state index contributed by atoms with van der Waals surface area (Å²) < 4.78 is 10.8. The molecule has 0 spiro atoms. The summed E-state index contributed by atoms with van der Waals surface area (Å²) in [7, 11) is 1.64. The molecule has 0 amide bonds. The van der Waals surface area contributed by atoms with Gasteiger partial charge in [-0.1, -0.05) is 18.2 Å². The van der Waals surface area contributed by atoms with Crippen molar-refractivity contribution in [2.75, 3.05) is 13.7 Å². The highest BCUT2D eigenvalue weighted by Crippen LogP contribution is 2.32. The maximum absolute atomic E-state index is 10.5. The lowest BCUT2D eigenvalue weighted by atomic mass is 9.98. The summed E-state index contributed by atoms with van der Waals surface area (Å²) in [6.07, 6.45) is 0.267. The van der Waals surface area contributed by atoms with Crippen LogP contribution in [0.25, 0.3) is 0 Å². The molecule has 1 heterocycles. The van der Waals surface area contributed by atoms with Crippen LogP contribution in [-0.4, -0.2) is 18.8 Å². The van der Waals surface area contributed by atoms with Gasteiger partial charge in [-0.05, 0) is 47.4 Å². The Bertz CT molecular complexity index is 623. The number of fused-ring (bicyclic) bond motifs is 1. The van der Waals surface area contributed by atoms with Crippen LogP contribution >= 0.6 is 0 Å². The van der Waals surface area contributed by atoms with Crippen molar-refractivity contribution in [2.24, 2.45) is 0 Å². The van der Waals surface area contributed by atoms with Gasteiger partial charge < -0.3 is 14.6 Å². The first-order valence-electron chi connectivity index (χ1n) is 6.77. The van der Waals surface area contributed by atoms with E-state index in [0.717, 1.165) is 41.2 Å². The zero-order chi connectivity index (χ0) is 14.1. The molecule has 0 aromatic heterocycles. The van der Waals surface area contributed by atoms with Crippen LogP contribution in [0.4, 0.5) is 0 Å². The molecule has 0 aliphatic carbocycles. The standard InChI is InChI=1S/C17H18O3/c1-11-3-4-14(10-16(11)19-2)17(18)13-5-6-15-12(9-13)7-8-20-15/h3-6,9-10,17-18H,7-8H2,1-2H3. The molecule has 3 nitrogen and oxygen atoms in total. The van der Waals surface area contributed by atoms with E-state index in [1.807, 2.05) is 43.3 Å². The third-order valence-corrected chi connectivity index (χ3v) is 3.78. The van der Waals surface area contributed by atoms with Gasteiger partial charge in [0.05, 0.1) is 13.7 Å². The van der Waals surface area contributed by atoms with Crippen LogP contribution in [0.1, 0.15) is 28.4 Å². The first-order chi connectivity index (χ1) is 9.69. The van der Waals surface area contributed by atoms with E-state index in [-0.39, 0.29) is 0 Å². The van der Waals surface area contributed by atoms with E-state index >= 15 is 0 Å². The van der Waals surface area contributed by atoms with Gasteiger partial charge in [0, 0.05) is 6.42 Å². The van der Waals surface area contributed by atoms with E-state index in [4.69, 9.17) is 9.47 Å². The van der Waals surface area contributed by atoms with Crippen LogP contribution in [0.3, 0.4) is 0 Å². The first kappa shape index (κ1) is 13.0. The maximum Gasteiger partial charge on any atom is 0.122 e. The van der Waals surface area contributed by atoms with Gasteiger partial charge in [-0.25, -0.2) is 0 Å². The van der Waals surface area contributed by atoms with Crippen molar-refractivity contribution in [2.45, 2.75) is 19.4 Å². The summed E-state index contributed by atoms with van der Waals surface area (Å²) in [5, 5.41) is 10.5. The molecule has 1 aliphatic rings. The normalized spacial score (nSPS) is 14.6. The van der Waals surface area contributed by atoms with Crippen LogP contribution in [0.15, 0.2) is 36.4 Å². The summed E-state index contributed by atoms with van der Waals surface area (Å²) >= 11 is 0. The summed E-state index contributed by atoms with van der Waals surface area (Å²) in [6.45, 7) is 2.72. The average molecular weight is 270 g/mol. The van der Waals surface area contributed by atoms with E-state index in [1.54, 1.807) is 7.11 Å². The molecule has 0 bridgehead atoms. The first-order valence-corrected chi connectivity index (χ1v) is 6.77. The number of aliphatic hydroxyl groups is 1. The molecule has 20 heavy (non-hydrogen) atoms. The number of rotatable bonds is 3. The van der Waals surface area contributed by atoms with Gasteiger partial charge in [0.25, 0.3) is 0 Å². The molecule has 0 saturated carbocycles. The second-order valence-corrected chi connectivity index (χ2v) is 5.10. The Morgan fingerprint density at radius 1 is 1.15 bits per heavy atom. The number of hydrogen-bond donors (Lipinski definition) is 1. The molecule has 3 rings (SSSR count). The zero-order valence-electron chi connectivity index (χ0n) is 11.7. The fourth-order valence-corrected chi connectivity index (χ4v) is 2.58. The fourth-order valence-electron chi connectivity index (χ4n) is 2.58. The largest absolute Gasteiger partial charge is 0.496 e. The summed E-state index contributed by atoms with van der Waals surface area (Å²) in [5.41, 5.74) is 3.96. The smallest absolute Gasteiger partial charge is 0.122 e. The highest BCUT2D eigenvalue weighted by atomic mass is 16.5. The molecule has 2 aromatic carbocycles. The third-order valence-electron chi connectivity index (χ3n) is 3.78. The second-order valence-electron chi connectivity index (χ2n) is 5.10. The van der Waals surface area contributed by atoms with Gasteiger partial charge in [-0.15, -0.1) is 0 Å². The molecule has 1 N–H and O–H groups in total. The minimum Gasteiger partial charge on any atom is -0.496 e. The Labute approximate surface area is 118 Å². The second kappa shape index (κ2) is 5.17. The highest BCUT2D eigenvalue weighted by molar-refractivity contribution is 5.44. The van der Waals surface area contributed by atoms with Crippen LogP contribution < -0.4 is 9.47 Å². The summed E-state index contributed by atoms with van der Waals surface area (Å²) in [6, 6.07) is 11.7. The lowest BCUT2D eigenvalue weighted by Gasteiger charge is -2.14. The molecule has 3 heteroatoms. The van der Waals surface area contributed by atoms with Gasteiger partial charge in [-0.3, -0.25) is 0 Å². The van der Waals surface area contributed by atoms with Gasteiger partial charge in [0.15, 0.2) is 0 Å². The molecule has 2 aromatic rings. The predicted octanol–water partition coefficient (Wildman–Crippen LogP) is 3.02. The molecular formula is C17H18O3. The Morgan fingerprint density at radius 3 is 2.70 bits per heavy atom.